The van der Waals surface area contributed by atoms with Gasteiger partial charge in [-0.15, -0.1) is 13.2 Å². The van der Waals surface area contributed by atoms with Gasteiger partial charge in [0.05, 0.1) is 0 Å². The van der Waals surface area contributed by atoms with Crippen molar-refractivity contribution in [3.05, 3.63) is 65.7 Å². The van der Waals surface area contributed by atoms with Crippen LogP contribution in [-0.2, 0) is 4.79 Å². The number of halogens is 3. The molecule has 0 unspecified atom stereocenters. The number of Topliss-reactive ketones (excluding diaryl/α,β-unsaturated/α-hetero) is 1. The predicted octanol–water partition coefficient (Wildman–Crippen LogP) is 4.41. The van der Waals surface area contributed by atoms with Gasteiger partial charge in [0.25, 0.3) is 0 Å². The van der Waals surface area contributed by atoms with Gasteiger partial charge in [-0.3, -0.25) is 4.79 Å². The van der Waals surface area contributed by atoms with Crippen molar-refractivity contribution >= 4 is 17.8 Å². The van der Waals surface area contributed by atoms with E-state index in [1.165, 1.54) is 49.4 Å². The van der Waals surface area contributed by atoms with Crippen molar-refractivity contribution in [1.29, 1.82) is 0 Å². The highest BCUT2D eigenvalue weighted by atomic mass is 19.4. The number of carbonyl (C=O) groups excluding carboxylic acids is 2. The second kappa shape index (κ2) is 7.65. The first-order chi connectivity index (χ1) is 11.7. The highest BCUT2D eigenvalue weighted by Crippen LogP contribution is 2.23. The van der Waals surface area contributed by atoms with Crippen LogP contribution in [0.15, 0.2) is 54.6 Å². The Labute approximate surface area is 141 Å². The van der Waals surface area contributed by atoms with E-state index in [-0.39, 0.29) is 17.3 Å². The number of benzene rings is 2. The number of carbonyl (C=O) groups is 2. The van der Waals surface area contributed by atoms with Crippen LogP contribution in [0.25, 0.3) is 6.08 Å². The Kier molecular flexibility index (Phi) is 5.59. The molecule has 7 heteroatoms. The first-order valence-electron chi connectivity index (χ1n) is 7.10. The molecule has 2 aromatic carbocycles. The topological polar surface area (TPSA) is 52.6 Å². The number of ether oxygens (including phenoxy) is 2. The van der Waals surface area contributed by atoms with Crippen LogP contribution in [0.5, 0.6) is 11.5 Å². The fourth-order valence-corrected chi connectivity index (χ4v) is 1.85. The summed E-state index contributed by atoms with van der Waals surface area (Å²) in [5, 5.41) is 0. The quantitative estimate of drug-likeness (QED) is 0.347. The van der Waals surface area contributed by atoms with Crippen LogP contribution in [0.4, 0.5) is 13.2 Å². The highest BCUT2D eigenvalue weighted by Gasteiger charge is 2.30. The fourth-order valence-electron chi connectivity index (χ4n) is 1.85. The largest absolute Gasteiger partial charge is 0.573 e. The summed E-state index contributed by atoms with van der Waals surface area (Å²) in [5.74, 6) is -0.840. The molecular weight excluding hydrogens is 337 g/mol. The summed E-state index contributed by atoms with van der Waals surface area (Å²) >= 11 is 0. The smallest absolute Gasteiger partial charge is 0.423 e. The first kappa shape index (κ1) is 18.3. The van der Waals surface area contributed by atoms with E-state index in [0.29, 0.717) is 11.1 Å². The van der Waals surface area contributed by atoms with Gasteiger partial charge in [0, 0.05) is 11.6 Å². The lowest BCUT2D eigenvalue weighted by Gasteiger charge is -2.08. The maximum Gasteiger partial charge on any atom is 0.573 e. The lowest BCUT2D eigenvalue weighted by atomic mass is 10.1. The summed E-state index contributed by atoms with van der Waals surface area (Å²) in [6, 6.07) is 11.1. The molecular formula is C18H13F3O4. The molecule has 0 radical (unpaired) electrons. The van der Waals surface area contributed by atoms with E-state index in [0.717, 1.165) is 18.2 Å². The molecule has 0 heterocycles. The summed E-state index contributed by atoms with van der Waals surface area (Å²) < 4.78 is 45.0. The number of rotatable bonds is 5. The summed E-state index contributed by atoms with van der Waals surface area (Å²) in [6.45, 7) is 1.43. The zero-order valence-corrected chi connectivity index (χ0v) is 13.0. The molecule has 0 spiro atoms. The van der Waals surface area contributed by atoms with E-state index in [4.69, 9.17) is 4.74 Å². The van der Waals surface area contributed by atoms with E-state index in [2.05, 4.69) is 4.74 Å². The Bertz CT molecular complexity index is 775. The van der Waals surface area contributed by atoms with E-state index < -0.39 is 12.3 Å². The molecule has 4 nitrogen and oxygen atoms in total. The first-order valence-corrected chi connectivity index (χ1v) is 7.10. The molecule has 0 fully saturated rings. The minimum atomic E-state index is -4.75. The van der Waals surface area contributed by atoms with Crippen LogP contribution in [-0.4, -0.2) is 18.1 Å². The highest BCUT2D eigenvalue weighted by molar-refractivity contribution is 5.94. The Morgan fingerprint density at radius 2 is 1.48 bits per heavy atom. The normalized spacial score (nSPS) is 11.4. The Hall–Kier alpha value is -3.09. The molecule has 25 heavy (non-hydrogen) atoms. The van der Waals surface area contributed by atoms with Gasteiger partial charge >= 0.3 is 12.3 Å². The second-order valence-corrected chi connectivity index (χ2v) is 4.95. The lowest BCUT2D eigenvalue weighted by molar-refractivity contribution is -0.274. The van der Waals surface area contributed by atoms with E-state index in [1.54, 1.807) is 0 Å². The number of hydrogen-bond acceptors (Lipinski definition) is 4. The van der Waals surface area contributed by atoms with Gasteiger partial charge in [0.1, 0.15) is 11.5 Å². The van der Waals surface area contributed by atoms with E-state index in [9.17, 15) is 22.8 Å². The van der Waals surface area contributed by atoms with Crippen molar-refractivity contribution in [2.45, 2.75) is 13.3 Å². The summed E-state index contributed by atoms with van der Waals surface area (Å²) in [6.07, 6.45) is -2.22. The van der Waals surface area contributed by atoms with Crippen molar-refractivity contribution in [3.8, 4) is 11.5 Å². The zero-order valence-electron chi connectivity index (χ0n) is 13.0. The third-order valence-electron chi connectivity index (χ3n) is 3.00. The predicted molar refractivity (Wildman–Crippen MR) is 84.2 cm³/mol. The summed E-state index contributed by atoms with van der Waals surface area (Å²) in [7, 11) is 0. The molecule has 0 aliphatic rings. The zero-order chi connectivity index (χ0) is 18.4. The SMILES string of the molecule is CC(=O)c1ccc(OC(=O)/C=C/c2ccc(OC(F)(F)F)cc2)cc1. The van der Waals surface area contributed by atoms with Gasteiger partial charge in [-0.2, -0.15) is 0 Å². The van der Waals surface area contributed by atoms with Gasteiger partial charge in [-0.25, -0.2) is 4.79 Å². The minimum absolute atomic E-state index is 0.101. The van der Waals surface area contributed by atoms with Crippen LogP contribution in [0.3, 0.4) is 0 Å². The third kappa shape index (κ3) is 6.14. The molecule has 130 valence electrons. The van der Waals surface area contributed by atoms with E-state index in [1.807, 2.05) is 0 Å². The van der Waals surface area contributed by atoms with Crippen LogP contribution in [0.1, 0.15) is 22.8 Å². The van der Waals surface area contributed by atoms with Crippen LogP contribution >= 0.6 is 0 Å². The fraction of sp³-hybridized carbons (Fsp3) is 0.111. The summed E-state index contributed by atoms with van der Waals surface area (Å²) in [4.78, 5) is 22.9. The molecule has 0 amide bonds. The monoisotopic (exact) mass is 350 g/mol. The van der Waals surface area contributed by atoms with Gasteiger partial charge in [-0.1, -0.05) is 12.1 Å². The molecule has 0 aliphatic heterocycles. The van der Waals surface area contributed by atoms with Crippen molar-refractivity contribution < 1.29 is 32.2 Å². The average Bonchev–Trinajstić information content (AvgIpc) is 2.53. The van der Waals surface area contributed by atoms with Crippen molar-refractivity contribution in [1.82, 2.24) is 0 Å². The van der Waals surface area contributed by atoms with Gasteiger partial charge in [0.2, 0.25) is 0 Å². The van der Waals surface area contributed by atoms with Gasteiger partial charge in [0.15, 0.2) is 5.78 Å². The maximum absolute atomic E-state index is 12.1. The van der Waals surface area contributed by atoms with Crippen molar-refractivity contribution in [2.75, 3.05) is 0 Å². The number of alkyl halides is 3. The van der Waals surface area contributed by atoms with Crippen molar-refractivity contribution in [2.24, 2.45) is 0 Å². The molecule has 0 atom stereocenters. The Morgan fingerprint density at radius 1 is 0.920 bits per heavy atom. The van der Waals surface area contributed by atoms with Crippen LogP contribution in [0.2, 0.25) is 0 Å². The van der Waals surface area contributed by atoms with E-state index >= 15 is 0 Å². The van der Waals surface area contributed by atoms with Crippen molar-refractivity contribution in [3.63, 3.8) is 0 Å². The number of ketones is 1. The van der Waals surface area contributed by atoms with Crippen LogP contribution < -0.4 is 9.47 Å². The molecule has 0 aromatic heterocycles. The average molecular weight is 350 g/mol. The lowest BCUT2D eigenvalue weighted by Crippen LogP contribution is -2.16. The maximum atomic E-state index is 12.1. The molecule has 0 saturated heterocycles. The van der Waals surface area contributed by atoms with Gasteiger partial charge in [-0.05, 0) is 55.0 Å². The third-order valence-corrected chi connectivity index (χ3v) is 3.00. The number of esters is 1. The van der Waals surface area contributed by atoms with Crippen LogP contribution in [0, 0.1) is 0 Å². The Morgan fingerprint density at radius 3 is 2.00 bits per heavy atom. The molecule has 0 aliphatic carbocycles. The van der Waals surface area contributed by atoms with Gasteiger partial charge < -0.3 is 9.47 Å². The molecule has 0 saturated carbocycles. The second-order valence-electron chi connectivity index (χ2n) is 4.95. The Balaban J connectivity index is 1.94. The number of hydrogen-bond donors (Lipinski definition) is 0. The summed E-state index contributed by atoms with van der Waals surface area (Å²) in [5.41, 5.74) is 0.995. The molecule has 0 N–H and O–H groups in total. The standard InChI is InChI=1S/C18H13F3O4/c1-12(22)14-5-9-15(10-6-14)24-17(23)11-4-13-2-7-16(8-3-13)25-18(19,20)21/h2-11H,1H3/b11-4+. The minimum Gasteiger partial charge on any atom is -0.423 e. The molecule has 2 aromatic rings. The molecule has 0 bridgehead atoms. The molecule has 2 rings (SSSR count).